The summed E-state index contributed by atoms with van der Waals surface area (Å²) in [7, 11) is -3.21. The fourth-order valence-electron chi connectivity index (χ4n) is 4.65. The second-order valence-electron chi connectivity index (χ2n) is 8.57. The lowest BCUT2D eigenvalue weighted by Gasteiger charge is -2.39. The summed E-state index contributed by atoms with van der Waals surface area (Å²) in [6.07, 6.45) is 6.86. The topological polar surface area (TPSA) is 82.6 Å². The number of amides is 1. The number of carbonyl (C=O) groups excluding carboxylic acids is 1. The predicted molar refractivity (Wildman–Crippen MR) is 131 cm³/mol. The lowest BCUT2D eigenvalue weighted by molar-refractivity contribution is -0.118. The van der Waals surface area contributed by atoms with E-state index in [0.717, 1.165) is 40.8 Å². The van der Waals surface area contributed by atoms with Gasteiger partial charge < -0.3 is 5.32 Å². The van der Waals surface area contributed by atoms with E-state index < -0.39 is 10.0 Å². The molecule has 7 nitrogen and oxygen atoms in total. The molecule has 1 saturated heterocycles. The van der Waals surface area contributed by atoms with Crippen molar-refractivity contribution in [3.05, 3.63) is 63.9 Å². The van der Waals surface area contributed by atoms with Gasteiger partial charge in [-0.1, -0.05) is 29.8 Å². The van der Waals surface area contributed by atoms with E-state index in [4.69, 9.17) is 16.6 Å². The number of fused-ring (bicyclic) bond motifs is 2. The van der Waals surface area contributed by atoms with Crippen LogP contribution in [0.3, 0.4) is 0 Å². The summed E-state index contributed by atoms with van der Waals surface area (Å²) in [4.78, 5) is 18.4. The Morgan fingerprint density at radius 1 is 1.21 bits per heavy atom. The number of hydrogen-bond donors (Lipinski definition) is 1. The summed E-state index contributed by atoms with van der Waals surface area (Å²) in [6.45, 7) is 4.29. The number of piperazine rings is 1. The van der Waals surface area contributed by atoms with Crippen molar-refractivity contribution in [2.24, 2.45) is 0 Å². The van der Waals surface area contributed by atoms with Crippen molar-refractivity contribution in [1.29, 1.82) is 0 Å². The van der Waals surface area contributed by atoms with Crippen molar-refractivity contribution in [2.45, 2.75) is 25.8 Å². The molecule has 0 radical (unpaired) electrons. The first-order chi connectivity index (χ1) is 15.7. The van der Waals surface area contributed by atoms with Crippen molar-refractivity contribution in [3.63, 3.8) is 0 Å². The Kier molecular flexibility index (Phi) is 7.19. The molecule has 1 N–H and O–H groups in total. The molecule has 1 atom stereocenters. The third kappa shape index (κ3) is 5.46. The summed E-state index contributed by atoms with van der Waals surface area (Å²) in [5.41, 5.74) is 5.37. The van der Waals surface area contributed by atoms with Gasteiger partial charge in [-0.05, 0) is 47.7 Å². The Balaban J connectivity index is 1.71. The molecule has 2 aliphatic rings. The minimum Gasteiger partial charge on any atom is -0.356 e. The fourth-order valence-corrected chi connectivity index (χ4v) is 5.66. The number of nitrogens with zero attached hydrogens (tertiary/aromatic N) is 3. The van der Waals surface area contributed by atoms with Crippen molar-refractivity contribution in [1.82, 2.24) is 19.5 Å². The number of allylic oxidation sites excluding steroid dienone is 1. The Hall–Kier alpha value is -2.26. The Morgan fingerprint density at radius 3 is 2.67 bits per heavy atom. The molecular formula is C24H29ClN4O3S. The van der Waals surface area contributed by atoms with Crippen LogP contribution in [0.4, 0.5) is 0 Å². The zero-order valence-corrected chi connectivity index (χ0v) is 20.5. The van der Waals surface area contributed by atoms with Crippen LogP contribution in [0.25, 0.3) is 11.6 Å². The van der Waals surface area contributed by atoms with Gasteiger partial charge in [0, 0.05) is 56.4 Å². The van der Waals surface area contributed by atoms with Gasteiger partial charge in [-0.25, -0.2) is 8.42 Å². The van der Waals surface area contributed by atoms with Gasteiger partial charge in [0.2, 0.25) is 15.9 Å². The maximum Gasteiger partial charge on any atom is 0.216 e. The molecule has 1 unspecified atom stereocenters. The van der Waals surface area contributed by atoms with E-state index in [9.17, 15) is 13.2 Å². The number of rotatable bonds is 6. The van der Waals surface area contributed by atoms with Gasteiger partial charge in [0.05, 0.1) is 18.0 Å². The molecular weight excluding hydrogens is 460 g/mol. The number of halogens is 1. The van der Waals surface area contributed by atoms with E-state index in [0.29, 0.717) is 37.7 Å². The Morgan fingerprint density at radius 2 is 1.97 bits per heavy atom. The van der Waals surface area contributed by atoms with Crippen LogP contribution in [0, 0.1) is 0 Å². The summed E-state index contributed by atoms with van der Waals surface area (Å²) < 4.78 is 25.6. The number of sulfonamides is 1. The average Bonchev–Trinajstić information content (AvgIpc) is 2.90. The van der Waals surface area contributed by atoms with E-state index in [1.54, 1.807) is 0 Å². The maximum absolute atomic E-state index is 12.0. The van der Waals surface area contributed by atoms with Gasteiger partial charge in [-0.15, -0.1) is 0 Å². The molecule has 1 aliphatic carbocycles. The van der Waals surface area contributed by atoms with Crippen molar-refractivity contribution < 1.29 is 13.2 Å². The van der Waals surface area contributed by atoms with Gasteiger partial charge in [-0.2, -0.15) is 4.31 Å². The Labute approximate surface area is 200 Å². The monoisotopic (exact) mass is 488 g/mol. The molecule has 33 heavy (non-hydrogen) atoms. The molecule has 1 fully saturated rings. The highest BCUT2D eigenvalue weighted by Gasteiger charge is 2.34. The molecule has 1 aromatic carbocycles. The van der Waals surface area contributed by atoms with Crippen LogP contribution in [0.1, 0.15) is 48.2 Å². The van der Waals surface area contributed by atoms with Crippen LogP contribution >= 0.6 is 11.6 Å². The standard InChI is InChI=1S/C24H29ClN4O3S/c1-17(30)26-9-3-5-18-15-19-16-20(25)7-8-22(19)24(23-21(18)6-4-10-27-23)28-11-13-29(14-12-28)33(2,31)32/h4,6-8,10,15-16,24H,3,5,9,11-14H2,1-2H3,(H,26,30). The highest BCUT2D eigenvalue weighted by molar-refractivity contribution is 7.88. The van der Waals surface area contributed by atoms with Gasteiger partial charge in [-0.3, -0.25) is 14.7 Å². The minimum atomic E-state index is -3.21. The first-order valence-corrected chi connectivity index (χ1v) is 13.4. The van der Waals surface area contributed by atoms with Crippen LogP contribution in [0.2, 0.25) is 5.02 Å². The first-order valence-electron chi connectivity index (χ1n) is 11.1. The molecule has 2 aromatic rings. The van der Waals surface area contributed by atoms with E-state index in [2.05, 4.69) is 28.4 Å². The lowest BCUT2D eigenvalue weighted by Crippen LogP contribution is -2.49. The maximum atomic E-state index is 12.0. The van der Waals surface area contributed by atoms with Gasteiger partial charge in [0.25, 0.3) is 0 Å². The number of pyridine rings is 1. The van der Waals surface area contributed by atoms with E-state index in [1.165, 1.54) is 17.5 Å². The highest BCUT2D eigenvalue weighted by atomic mass is 35.5. The molecule has 1 aliphatic heterocycles. The second kappa shape index (κ2) is 9.93. The number of carbonyl (C=O) groups is 1. The van der Waals surface area contributed by atoms with E-state index >= 15 is 0 Å². The molecule has 0 bridgehead atoms. The molecule has 1 aromatic heterocycles. The lowest BCUT2D eigenvalue weighted by atomic mass is 9.95. The molecule has 176 valence electrons. The van der Waals surface area contributed by atoms with Gasteiger partial charge >= 0.3 is 0 Å². The zero-order chi connectivity index (χ0) is 23.6. The van der Waals surface area contributed by atoms with E-state index in [1.807, 2.05) is 24.4 Å². The van der Waals surface area contributed by atoms with Crippen LogP contribution in [-0.2, 0) is 14.8 Å². The molecule has 0 spiro atoms. The predicted octanol–water partition coefficient (Wildman–Crippen LogP) is 3.17. The normalized spacial score (nSPS) is 19.2. The van der Waals surface area contributed by atoms with Crippen LogP contribution in [0.5, 0.6) is 0 Å². The average molecular weight is 489 g/mol. The van der Waals surface area contributed by atoms with Gasteiger partial charge in [0.15, 0.2) is 0 Å². The molecule has 1 amide bonds. The van der Waals surface area contributed by atoms with Crippen LogP contribution in [0.15, 0.2) is 36.5 Å². The minimum absolute atomic E-state index is 0.0302. The van der Waals surface area contributed by atoms with Crippen LogP contribution in [-0.4, -0.2) is 67.5 Å². The molecule has 9 heteroatoms. The number of aromatic nitrogens is 1. The number of hydrogen-bond acceptors (Lipinski definition) is 5. The summed E-state index contributed by atoms with van der Waals surface area (Å²) >= 11 is 6.37. The number of nitrogens with one attached hydrogen (secondary N) is 1. The second-order valence-corrected chi connectivity index (χ2v) is 11.0. The fraction of sp³-hybridized carbons (Fsp3) is 0.417. The summed E-state index contributed by atoms with van der Waals surface area (Å²) in [5.74, 6) is -0.0302. The SMILES string of the molecule is CC(=O)NCCCC1=Cc2cc(Cl)ccc2C(N2CCN(S(C)(=O)=O)CC2)c2ncccc21. The molecule has 0 saturated carbocycles. The largest absolute Gasteiger partial charge is 0.356 e. The summed E-state index contributed by atoms with van der Waals surface area (Å²) in [5, 5.41) is 3.53. The molecule has 4 rings (SSSR count). The highest BCUT2D eigenvalue weighted by Crippen LogP contribution is 2.41. The number of benzene rings is 1. The third-order valence-corrected chi connectivity index (χ3v) is 7.76. The van der Waals surface area contributed by atoms with Crippen molar-refractivity contribution in [3.8, 4) is 0 Å². The van der Waals surface area contributed by atoms with Gasteiger partial charge in [0.1, 0.15) is 0 Å². The van der Waals surface area contributed by atoms with Crippen LogP contribution < -0.4 is 5.32 Å². The smallest absolute Gasteiger partial charge is 0.216 e. The Bertz CT molecular complexity index is 1170. The summed E-state index contributed by atoms with van der Waals surface area (Å²) in [6, 6.07) is 9.89. The zero-order valence-electron chi connectivity index (χ0n) is 18.9. The van der Waals surface area contributed by atoms with E-state index in [-0.39, 0.29) is 11.9 Å². The van der Waals surface area contributed by atoms with Crippen molar-refractivity contribution in [2.75, 3.05) is 39.0 Å². The first kappa shape index (κ1) is 23.9. The third-order valence-electron chi connectivity index (χ3n) is 6.22. The quantitative estimate of drug-likeness (QED) is 0.631. The molecule has 2 heterocycles. The van der Waals surface area contributed by atoms with Crippen molar-refractivity contribution >= 4 is 39.2 Å².